The number of hydrogen-bond acceptors (Lipinski definition) is 11. The fourth-order valence-corrected chi connectivity index (χ4v) is 6.29. The van der Waals surface area contributed by atoms with E-state index in [1.54, 1.807) is 12.1 Å². The van der Waals surface area contributed by atoms with Crippen molar-refractivity contribution in [1.82, 2.24) is 25.2 Å². The van der Waals surface area contributed by atoms with Crippen molar-refractivity contribution < 1.29 is 37.2 Å². The van der Waals surface area contributed by atoms with Gasteiger partial charge in [-0.05, 0) is 48.2 Å². The van der Waals surface area contributed by atoms with Crippen LogP contribution in [-0.2, 0) is 22.9 Å². The summed E-state index contributed by atoms with van der Waals surface area (Å²) in [6.45, 7) is 3.55. The molecular weight excluding hydrogens is 498 g/mol. The average Bonchev–Trinajstić information content (AvgIpc) is 3.36. The van der Waals surface area contributed by atoms with Crippen LogP contribution >= 0.6 is 7.82 Å². The van der Waals surface area contributed by atoms with Gasteiger partial charge in [-0.25, -0.2) is 32.2 Å². The van der Waals surface area contributed by atoms with E-state index in [0.717, 1.165) is 11.0 Å². The first kappa shape index (κ1) is 21.7. The molecule has 0 radical (unpaired) electrons. The van der Waals surface area contributed by atoms with Gasteiger partial charge in [0.25, 0.3) is 0 Å². The second-order valence-electron chi connectivity index (χ2n) is 8.67. The lowest BCUT2D eigenvalue weighted by Crippen LogP contribution is -2.64. The minimum atomic E-state index is -4.00. The maximum atomic E-state index is 15.3. The number of carbonyl (C=O) groups is 1. The standard InChI is InChI=1S/C21H16FN6O7P/c1-2-27-25-18(24-26-27)16-8-5-12(10-23-16)14-7-6-13(9-15(14)22)28-19(30)32-20(17(29)11-3-4-11)21(28)34-36(31,33-20)35-21/h2,5-11,17,29H,1,3-4H2/t17-,20-,21?,36?/m0/s1. The Labute approximate surface area is 201 Å². The molecule has 1 N–H and O–H groups in total. The number of anilines is 1. The van der Waals surface area contributed by atoms with Crippen molar-refractivity contribution in [3.8, 4) is 22.6 Å². The number of benzene rings is 1. The predicted octanol–water partition coefficient (Wildman–Crippen LogP) is 2.90. The molecule has 2 atom stereocenters. The highest BCUT2D eigenvalue weighted by molar-refractivity contribution is 7.50. The van der Waals surface area contributed by atoms with Crippen LogP contribution in [0, 0.1) is 11.7 Å². The monoisotopic (exact) mass is 514 g/mol. The van der Waals surface area contributed by atoms with E-state index in [2.05, 4.69) is 27.0 Å². The highest BCUT2D eigenvalue weighted by Crippen LogP contribution is 2.81. The molecule has 2 aromatic heterocycles. The molecule has 8 rings (SSSR count). The Balaban J connectivity index is 1.21. The van der Waals surface area contributed by atoms with Gasteiger partial charge in [-0.2, -0.15) is 0 Å². The molecule has 5 aliphatic rings. The Morgan fingerprint density at radius 1 is 1.25 bits per heavy atom. The lowest BCUT2D eigenvalue weighted by molar-refractivity contribution is -0.284. The fourth-order valence-electron chi connectivity index (χ4n) is 4.58. The molecule has 1 amide bonds. The fraction of sp³-hybridized carbons (Fsp3) is 0.286. The zero-order chi connectivity index (χ0) is 24.9. The first-order chi connectivity index (χ1) is 17.3. The summed E-state index contributed by atoms with van der Waals surface area (Å²) in [5.74, 6) is -4.90. The van der Waals surface area contributed by atoms with Crippen LogP contribution in [0.3, 0.4) is 0 Å². The van der Waals surface area contributed by atoms with Crippen LogP contribution < -0.4 is 4.90 Å². The second kappa shape index (κ2) is 7.02. The number of amides is 1. The van der Waals surface area contributed by atoms with Gasteiger partial charge in [0.05, 0.1) is 5.69 Å². The first-order valence-electron chi connectivity index (χ1n) is 10.9. The minimum absolute atomic E-state index is 0.00214. The van der Waals surface area contributed by atoms with Gasteiger partial charge >= 0.3 is 25.6 Å². The summed E-state index contributed by atoms with van der Waals surface area (Å²) in [6, 6.07) is 7.19. The molecule has 15 heteroatoms. The van der Waals surface area contributed by atoms with Gasteiger partial charge in [0.15, 0.2) is 0 Å². The van der Waals surface area contributed by atoms with Gasteiger partial charge in [0.1, 0.15) is 17.6 Å². The van der Waals surface area contributed by atoms with Crippen molar-refractivity contribution in [2.24, 2.45) is 5.92 Å². The van der Waals surface area contributed by atoms with Crippen LogP contribution in [-0.4, -0.2) is 54.2 Å². The summed E-state index contributed by atoms with van der Waals surface area (Å²) in [4.78, 5) is 19.2. The van der Waals surface area contributed by atoms with Crippen LogP contribution in [0.4, 0.5) is 14.9 Å². The third-order valence-corrected chi connectivity index (χ3v) is 7.88. The average molecular weight is 514 g/mol. The zero-order valence-electron chi connectivity index (χ0n) is 18.2. The molecule has 1 spiro atoms. The number of tetrazole rings is 1. The van der Waals surface area contributed by atoms with E-state index >= 15 is 4.39 Å². The van der Waals surface area contributed by atoms with Crippen LogP contribution in [0.5, 0.6) is 0 Å². The van der Waals surface area contributed by atoms with Crippen LogP contribution in [0.15, 0.2) is 43.1 Å². The molecule has 6 heterocycles. The molecular formula is C21H16FN6O7P. The van der Waals surface area contributed by atoms with Crippen molar-refractivity contribution in [3.63, 3.8) is 0 Å². The topological polar surface area (TPSA) is 151 Å². The van der Waals surface area contributed by atoms with Gasteiger partial charge in [0, 0.05) is 23.5 Å². The van der Waals surface area contributed by atoms with Crippen molar-refractivity contribution in [2.45, 2.75) is 30.6 Å². The number of phosphoric ester groups is 1. The largest absolute Gasteiger partial charge is 0.486 e. The van der Waals surface area contributed by atoms with Crippen molar-refractivity contribution in [1.29, 1.82) is 0 Å². The number of pyridine rings is 1. The molecule has 1 saturated carbocycles. The van der Waals surface area contributed by atoms with Crippen LogP contribution in [0.25, 0.3) is 28.8 Å². The number of halogens is 1. The van der Waals surface area contributed by atoms with Crippen molar-refractivity contribution >= 4 is 25.8 Å². The van der Waals surface area contributed by atoms with Crippen LogP contribution in [0.2, 0.25) is 0 Å². The molecule has 5 fully saturated rings. The number of rotatable bonds is 6. The Kier molecular flexibility index (Phi) is 4.23. The number of carbonyl (C=O) groups excluding carboxylic acids is 1. The molecule has 184 valence electrons. The van der Waals surface area contributed by atoms with Crippen LogP contribution in [0.1, 0.15) is 12.8 Å². The van der Waals surface area contributed by atoms with Gasteiger partial charge in [-0.3, -0.25) is 4.98 Å². The predicted molar refractivity (Wildman–Crippen MR) is 117 cm³/mol. The Hall–Kier alpha value is -3.55. The summed E-state index contributed by atoms with van der Waals surface area (Å²) >= 11 is 0. The molecule has 2 bridgehead atoms. The Bertz CT molecular complexity index is 1480. The van der Waals surface area contributed by atoms with Gasteiger partial charge in [-0.1, -0.05) is 12.6 Å². The minimum Gasteiger partial charge on any atom is -0.405 e. The zero-order valence-corrected chi connectivity index (χ0v) is 19.1. The highest BCUT2D eigenvalue weighted by Gasteiger charge is 2.91. The summed E-state index contributed by atoms with van der Waals surface area (Å²) in [5, 5.41) is 22.5. The van der Waals surface area contributed by atoms with E-state index in [9.17, 15) is 14.5 Å². The maximum absolute atomic E-state index is 15.3. The summed E-state index contributed by atoms with van der Waals surface area (Å²) in [7, 11) is -4.00. The molecule has 36 heavy (non-hydrogen) atoms. The number of phosphoric acid groups is 1. The SMILES string of the molecule is C=Cn1nnc(-c2ccc(-c3ccc(N4C(=O)O[C@@]5([C@@H](O)C6CC6)OP6(=O)OC45O6)cc3F)cn2)n1. The lowest BCUT2D eigenvalue weighted by atomic mass is 10.0. The van der Waals surface area contributed by atoms with Gasteiger partial charge in [-0.15, -0.1) is 15.0 Å². The van der Waals surface area contributed by atoms with Gasteiger partial charge in [0.2, 0.25) is 5.82 Å². The normalized spacial score (nSPS) is 31.1. The molecule has 4 saturated heterocycles. The molecule has 1 aliphatic carbocycles. The second-order valence-corrected chi connectivity index (χ2v) is 10.1. The summed E-state index contributed by atoms with van der Waals surface area (Å²) < 4.78 is 49.2. The number of aliphatic hydroxyl groups excluding tert-OH is 1. The molecule has 1 aromatic carbocycles. The Morgan fingerprint density at radius 2 is 2.06 bits per heavy atom. The van der Waals surface area contributed by atoms with E-state index in [4.69, 9.17) is 18.3 Å². The Morgan fingerprint density at radius 3 is 2.69 bits per heavy atom. The number of aromatic nitrogens is 5. The number of nitrogens with zero attached hydrogens (tertiary/aromatic N) is 6. The number of hydrogen-bond donors (Lipinski definition) is 1. The third-order valence-electron chi connectivity index (χ3n) is 6.44. The van der Waals surface area contributed by atoms with E-state index in [0.29, 0.717) is 24.1 Å². The lowest BCUT2D eigenvalue weighted by Gasteiger charge is -2.40. The molecule has 13 nitrogen and oxygen atoms in total. The summed E-state index contributed by atoms with van der Waals surface area (Å²) in [6.07, 6.45) is 1.83. The molecule has 4 aliphatic heterocycles. The van der Waals surface area contributed by atoms with Crippen molar-refractivity contribution in [3.05, 3.63) is 48.9 Å². The molecule has 3 aromatic rings. The van der Waals surface area contributed by atoms with E-state index in [1.807, 2.05) is 0 Å². The highest BCUT2D eigenvalue weighted by atomic mass is 31.2. The maximum Gasteiger partial charge on any atom is 0.486 e. The van der Waals surface area contributed by atoms with E-state index in [1.165, 1.54) is 29.3 Å². The van der Waals surface area contributed by atoms with Gasteiger partial charge < -0.3 is 9.84 Å². The number of aliphatic hydroxyl groups is 1. The van der Waals surface area contributed by atoms with Crippen molar-refractivity contribution in [2.75, 3.05) is 4.90 Å². The quantitative estimate of drug-likeness (QED) is 0.484. The number of ether oxygens (including phenoxy) is 1. The summed E-state index contributed by atoms with van der Waals surface area (Å²) in [5.41, 5.74) is 1.07. The smallest absolute Gasteiger partial charge is 0.405 e. The van der Waals surface area contributed by atoms with E-state index < -0.39 is 37.5 Å². The third kappa shape index (κ3) is 2.78. The molecule has 0 unspecified atom stereocenters. The first-order valence-corrected chi connectivity index (χ1v) is 12.4. The van der Waals surface area contributed by atoms with E-state index in [-0.39, 0.29) is 23.0 Å².